The number of nitrogens with one attached hydrogen (secondary N) is 2. The van der Waals surface area contributed by atoms with Crippen LogP contribution in [0.1, 0.15) is 16.1 Å². The van der Waals surface area contributed by atoms with Gasteiger partial charge in [0.25, 0.3) is 5.91 Å². The number of methoxy groups -OCH3 is 2. The first-order valence-corrected chi connectivity index (χ1v) is 8.75. The third-order valence-corrected chi connectivity index (χ3v) is 4.01. The van der Waals surface area contributed by atoms with Gasteiger partial charge in [0.05, 0.1) is 26.2 Å². The average molecular weight is 392 g/mol. The first kappa shape index (κ1) is 19.8. The molecule has 0 saturated heterocycles. The van der Waals surface area contributed by atoms with E-state index in [1.54, 1.807) is 67.8 Å². The van der Waals surface area contributed by atoms with E-state index in [0.717, 1.165) is 0 Å². The highest BCUT2D eigenvalue weighted by Gasteiger charge is 2.11. The van der Waals surface area contributed by atoms with E-state index in [1.165, 1.54) is 19.4 Å². The third-order valence-electron chi connectivity index (χ3n) is 4.01. The average Bonchev–Trinajstić information content (AvgIpc) is 3.26. The van der Waals surface area contributed by atoms with E-state index in [0.29, 0.717) is 34.2 Å². The van der Waals surface area contributed by atoms with Crippen molar-refractivity contribution in [2.45, 2.75) is 0 Å². The molecule has 148 valence electrons. The summed E-state index contributed by atoms with van der Waals surface area (Å²) in [5.41, 5.74) is 1.49. The summed E-state index contributed by atoms with van der Waals surface area (Å²) in [4.78, 5) is 24.5. The monoisotopic (exact) mass is 392 g/mol. The summed E-state index contributed by atoms with van der Waals surface area (Å²) in [7, 11) is 3.07. The summed E-state index contributed by atoms with van der Waals surface area (Å²) < 4.78 is 15.6. The Morgan fingerprint density at radius 2 is 1.76 bits per heavy atom. The normalized spacial score (nSPS) is 10.6. The number of anilines is 2. The number of benzene rings is 2. The lowest BCUT2D eigenvalue weighted by Crippen LogP contribution is -2.13. The van der Waals surface area contributed by atoms with E-state index in [1.807, 2.05) is 0 Å². The minimum absolute atomic E-state index is 0.306. The van der Waals surface area contributed by atoms with Gasteiger partial charge in [-0.25, -0.2) is 0 Å². The van der Waals surface area contributed by atoms with Crippen molar-refractivity contribution >= 4 is 29.3 Å². The van der Waals surface area contributed by atoms with Gasteiger partial charge in [0.15, 0.2) is 0 Å². The Kier molecular flexibility index (Phi) is 6.32. The fraction of sp³-hybridized carbons (Fsp3) is 0.0909. The van der Waals surface area contributed by atoms with Gasteiger partial charge >= 0.3 is 0 Å². The summed E-state index contributed by atoms with van der Waals surface area (Å²) >= 11 is 0. The summed E-state index contributed by atoms with van der Waals surface area (Å²) in [6.07, 6.45) is 4.47. The number of furan rings is 1. The van der Waals surface area contributed by atoms with E-state index < -0.39 is 0 Å². The van der Waals surface area contributed by atoms with Crippen LogP contribution in [0.25, 0.3) is 6.08 Å². The Morgan fingerprint density at radius 3 is 2.41 bits per heavy atom. The third kappa shape index (κ3) is 5.26. The zero-order valence-electron chi connectivity index (χ0n) is 16.0. The summed E-state index contributed by atoms with van der Waals surface area (Å²) in [5.74, 6) is 1.08. The van der Waals surface area contributed by atoms with Crippen molar-refractivity contribution < 1.29 is 23.5 Å². The Balaban J connectivity index is 1.64. The molecule has 7 nitrogen and oxygen atoms in total. The van der Waals surface area contributed by atoms with Crippen LogP contribution in [0, 0.1) is 0 Å². The molecule has 29 heavy (non-hydrogen) atoms. The van der Waals surface area contributed by atoms with Gasteiger partial charge in [0.1, 0.15) is 17.3 Å². The molecule has 0 spiro atoms. The molecule has 1 heterocycles. The zero-order valence-corrected chi connectivity index (χ0v) is 16.0. The topological polar surface area (TPSA) is 89.8 Å². The first-order chi connectivity index (χ1) is 14.1. The molecule has 3 rings (SSSR count). The van der Waals surface area contributed by atoms with Crippen molar-refractivity contribution in [3.05, 3.63) is 78.3 Å². The molecule has 0 radical (unpaired) electrons. The maximum atomic E-state index is 12.5. The fourth-order valence-corrected chi connectivity index (χ4v) is 2.54. The number of carbonyl (C=O) groups excluding carboxylic acids is 2. The van der Waals surface area contributed by atoms with Crippen molar-refractivity contribution in [2.75, 3.05) is 24.9 Å². The number of ether oxygens (including phenoxy) is 2. The molecule has 0 saturated carbocycles. The highest BCUT2D eigenvalue weighted by molar-refractivity contribution is 6.06. The number of hydrogen-bond donors (Lipinski definition) is 2. The minimum atomic E-state index is -0.313. The van der Waals surface area contributed by atoms with Crippen LogP contribution in [0.2, 0.25) is 0 Å². The minimum Gasteiger partial charge on any atom is -0.497 e. The molecular formula is C22H20N2O5. The van der Waals surface area contributed by atoms with Crippen LogP contribution in [0.5, 0.6) is 11.5 Å². The van der Waals surface area contributed by atoms with Crippen LogP contribution in [0.3, 0.4) is 0 Å². The molecule has 7 heteroatoms. The smallest absolute Gasteiger partial charge is 0.255 e. The van der Waals surface area contributed by atoms with Crippen LogP contribution < -0.4 is 20.1 Å². The van der Waals surface area contributed by atoms with Crippen LogP contribution in [0.15, 0.2) is 71.4 Å². The second kappa shape index (κ2) is 9.27. The maximum Gasteiger partial charge on any atom is 0.255 e. The Labute approximate surface area is 167 Å². The Hall–Kier alpha value is -4.00. The number of hydrogen-bond acceptors (Lipinski definition) is 5. The molecule has 2 N–H and O–H groups in total. The lowest BCUT2D eigenvalue weighted by Gasteiger charge is -2.12. The van der Waals surface area contributed by atoms with Gasteiger partial charge in [-0.3, -0.25) is 9.59 Å². The molecule has 0 bridgehead atoms. The highest BCUT2D eigenvalue weighted by atomic mass is 16.5. The van der Waals surface area contributed by atoms with Gasteiger partial charge in [0.2, 0.25) is 5.91 Å². The second-order valence-corrected chi connectivity index (χ2v) is 5.94. The SMILES string of the molecule is COc1ccc(OC)c(NC(=O)c2ccc(NC(=O)C=Cc3ccco3)cc2)c1. The van der Waals surface area contributed by atoms with E-state index in [2.05, 4.69) is 10.6 Å². The maximum absolute atomic E-state index is 12.5. The molecular weight excluding hydrogens is 372 g/mol. The summed E-state index contributed by atoms with van der Waals surface area (Å²) in [6.45, 7) is 0. The van der Waals surface area contributed by atoms with Gasteiger partial charge < -0.3 is 24.5 Å². The molecule has 0 fully saturated rings. The lowest BCUT2D eigenvalue weighted by atomic mass is 10.2. The van der Waals surface area contributed by atoms with Gasteiger partial charge in [-0.05, 0) is 54.6 Å². The van der Waals surface area contributed by atoms with Gasteiger partial charge in [-0.15, -0.1) is 0 Å². The van der Waals surface area contributed by atoms with E-state index in [4.69, 9.17) is 13.9 Å². The summed E-state index contributed by atoms with van der Waals surface area (Å²) in [5, 5.41) is 5.51. The highest BCUT2D eigenvalue weighted by Crippen LogP contribution is 2.29. The van der Waals surface area contributed by atoms with Crippen molar-refractivity contribution in [3.8, 4) is 11.5 Å². The predicted molar refractivity (Wildman–Crippen MR) is 110 cm³/mol. The molecule has 2 aromatic carbocycles. The van der Waals surface area contributed by atoms with Crippen LogP contribution in [-0.2, 0) is 4.79 Å². The van der Waals surface area contributed by atoms with Crippen molar-refractivity contribution in [1.29, 1.82) is 0 Å². The van der Waals surface area contributed by atoms with E-state index in [9.17, 15) is 9.59 Å². The molecule has 0 aliphatic carbocycles. The van der Waals surface area contributed by atoms with Crippen molar-refractivity contribution in [1.82, 2.24) is 0 Å². The molecule has 2 amide bonds. The molecule has 1 aromatic heterocycles. The van der Waals surface area contributed by atoms with Gasteiger partial charge in [-0.1, -0.05) is 0 Å². The molecule has 0 atom stereocenters. The largest absolute Gasteiger partial charge is 0.497 e. The van der Waals surface area contributed by atoms with Gasteiger partial charge in [0, 0.05) is 23.4 Å². The zero-order chi connectivity index (χ0) is 20.6. The number of carbonyl (C=O) groups is 2. The fourth-order valence-electron chi connectivity index (χ4n) is 2.54. The number of rotatable bonds is 7. The van der Waals surface area contributed by atoms with Crippen LogP contribution >= 0.6 is 0 Å². The summed E-state index contributed by atoms with van der Waals surface area (Å²) in [6, 6.07) is 15.2. The standard InChI is InChI=1S/C22H20N2O5/c1-27-18-9-11-20(28-2)19(14-18)24-22(26)15-5-7-16(8-6-15)23-21(25)12-10-17-4-3-13-29-17/h3-14H,1-2H3,(H,23,25)(H,24,26). The number of amides is 2. The van der Waals surface area contributed by atoms with E-state index in [-0.39, 0.29) is 11.8 Å². The van der Waals surface area contributed by atoms with Crippen LogP contribution in [-0.4, -0.2) is 26.0 Å². The van der Waals surface area contributed by atoms with Gasteiger partial charge in [-0.2, -0.15) is 0 Å². The Morgan fingerprint density at radius 1 is 0.966 bits per heavy atom. The molecule has 0 unspecified atom stereocenters. The first-order valence-electron chi connectivity index (χ1n) is 8.75. The molecule has 0 aliphatic heterocycles. The second-order valence-electron chi connectivity index (χ2n) is 5.94. The van der Waals surface area contributed by atoms with Crippen LogP contribution in [0.4, 0.5) is 11.4 Å². The predicted octanol–water partition coefficient (Wildman–Crippen LogP) is 4.20. The van der Waals surface area contributed by atoms with Crippen molar-refractivity contribution in [2.24, 2.45) is 0 Å². The molecule has 0 aliphatic rings. The van der Waals surface area contributed by atoms with Crippen molar-refractivity contribution in [3.63, 3.8) is 0 Å². The Bertz CT molecular complexity index is 1010. The lowest BCUT2D eigenvalue weighted by molar-refractivity contribution is -0.111. The quantitative estimate of drug-likeness (QED) is 0.588. The van der Waals surface area contributed by atoms with E-state index >= 15 is 0 Å². The molecule has 3 aromatic rings.